The Hall–Kier alpha value is -2.49. The summed E-state index contributed by atoms with van der Waals surface area (Å²) in [5, 5.41) is 7.44. The highest BCUT2D eigenvalue weighted by atomic mass is 16.4. The van der Waals surface area contributed by atoms with Crippen molar-refractivity contribution in [1.82, 2.24) is 4.90 Å². The van der Waals surface area contributed by atoms with Gasteiger partial charge < -0.3 is 9.32 Å². The van der Waals surface area contributed by atoms with Crippen LogP contribution in [-0.4, -0.2) is 17.4 Å². The van der Waals surface area contributed by atoms with Crippen LogP contribution in [-0.2, 0) is 0 Å². The van der Waals surface area contributed by atoms with Gasteiger partial charge in [-0.3, -0.25) is 0 Å². The van der Waals surface area contributed by atoms with Crippen LogP contribution in [0.4, 0.5) is 5.88 Å². The van der Waals surface area contributed by atoms with Gasteiger partial charge >= 0.3 is 0 Å². The predicted molar refractivity (Wildman–Crippen MR) is 70.0 cm³/mol. The lowest BCUT2D eigenvalue weighted by molar-refractivity contribution is 0.538. The summed E-state index contributed by atoms with van der Waals surface area (Å²) in [5.41, 5.74) is 0.837. The molecule has 18 heavy (non-hydrogen) atoms. The summed E-state index contributed by atoms with van der Waals surface area (Å²) in [6.45, 7) is 0.680. The van der Waals surface area contributed by atoms with Gasteiger partial charge in [0.15, 0.2) is 5.84 Å². The normalized spacial score (nSPS) is 17.4. The lowest BCUT2D eigenvalue weighted by Crippen LogP contribution is -2.25. The fourth-order valence-corrected chi connectivity index (χ4v) is 2.13. The summed E-state index contributed by atoms with van der Waals surface area (Å²) < 4.78 is 5.77. The van der Waals surface area contributed by atoms with Crippen molar-refractivity contribution in [2.24, 2.45) is 5.10 Å². The third kappa shape index (κ3) is 1.35. The molecule has 2 aromatic rings. The fraction of sp³-hybridized carbons (Fsp3) is 0.0714. The van der Waals surface area contributed by atoms with Crippen molar-refractivity contribution in [2.75, 3.05) is 11.7 Å². The van der Waals surface area contributed by atoms with Crippen molar-refractivity contribution in [2.45, 2.75) is 0 Å². The molecule has 3 heterocycles. The number of nitrogens with zero attached hydrogens (tertiary/aromatic N) is 3. The van der Waals surface area contributed by atoms with Crippen molar-refractivity contribution >= 4 is 22.7 Å². The molecule has 0 fully saturated rings. The average Bonchev–Trinajstić information content (AvgIpc) is 3.02. The molecule has 2 aliphatic rings. The van der Waals surface area contributed by atoms with Crippen LogP contribution >= 0.6 is 0 Å². The van der Waals surface area contributed by atoms with Crippen molar-refractivity contribution in [3.05, 3.63) is 54.8 Å². The average molecular weight is 236 g/mol. The first-order valence-corrected chi connectivity index (χ1v) is 5.77. The van der Waals surface area contributed by atoms with E-state index in [4.69, 9.17) is 4.42 Å². The molecule has 0 amide bonds. The van der Waals surface area contributed by atoms with Gasteiger partial charge in [0.1, 0.15) is 12.3 Å². The van der Waals surface area contributed by atoms with E-state index in [-0.39, 0.29) is 0 Å². The van der Waals surface area contributed by atoms with Gasteiger partial charge in [-0.15, -0.1) is 5.10 Å². The van der Waals surface area contributed by atoms with Gasteiger partial charge in [0.25, 0.3) is 0 Å². The van der Waals surface area contributed by atoms with Gasteiger partial charge in [-0.25, -0.2) is 5.01 Å². The van der Waals surface area contributed by atoms with Crippen LogP contribution in [0.2, 0.25) is 0 Å². The highest BCUT2D eigenvalue weighted by Crippen LogP contribution is 2.28. The number of allylic oxidation sites excluding steroid dienone is 2. The second kappa shape index (κ2) is 3.50. The molecule has 0 saturated heterocycles. The molecular weight excluding hydrogens is 226 g/mol. The summed E-state index contributed by atoms with van der Waals surface area (Å²) in [7, 11) is 0. The monoisotopic (exact) mass is 236 g/mol. The first-order chi connectivity index (χ1) is 8.90. The number of furan rings is 1. The van der Waals surface area contributed by atoms with E-state index < -0.39 is 0 Å². The van der Waals surface area contributed by atoms with Crippen molar-refractivity contribution < 1.29 is 4.42 Å². The third-order valence-corrected chi connectivity index (χ3v) is 3.03. The number of benzene rings is 1. The van der Waals surface area contributed by atoms with Gasteiger partial charge in [0.05, 0.1) is 0 Å². The van der Waals surface area contributed by atoms with Crippen molar-refractivity contribution in [1.29, 1.82) is 0 Å². The van der Waals surface area contributed by atoms with Gasteiger partial charge in [-0.1, -0.05) is 18.2 Å². The highest BCUT2D eigenvalue weighted by Gasteiger charge is 2.23. The smallest absolute Gasteiger partial charge is 0.218 e. The Morgan fingerprint density at radius 3 is 3.22 bits per heavy atom. The molecule has 4 rings (SSSR count). The van der Waals surface area contributed by atoms with Crippen LogP contribution < -0.4 is 5.01 Å². The summed E-state index contributed by atoms with van der Waals surface area (Å²) in [5.74, 6) is 1.69. The highest BCUT2D eigenvalue weighted by molar-refractivity contribution is 5.97. The molecule has 0 spiro atoms. The Labute approximate surface area is 104 Å². The molecule has 0 atom stereocenters. The summed E-state index contributed by atoms with van der Waals surface area (Å²) in [4.78, 5) is 2.07. The maximum absolute atomic E-state index is 5.77. The lowest BCUT2D eigenvalue weighted by atomic mass is 10.3. The summed E-state index contributed by atoms with van der Waals surface area (Å²) >= 11 is 0. The molecule has 0 saturated carbocycles. The molecule has 1 radical (unpaired) electrons. The number of amidine groups is 1. The molecule has 0 aliphatic carbocycles. The van der Waals surface area contributed by atoms with Crippen molar-refractivity contribution in [3.8, 4) is 0 Å². The van der Waals surface area contributed by atoms with Crippen LogP contribution in [0.25, 0.3) is 11.0 Å². The third-order valence-electron chi connectivity index (χ3n) is 3.03. The number of hydrogen-bond acceptors (Lipinski definition) is 4. The van der Waals surface area contributed by atoms with E-state index >= 15 is 0 Å². The van der Waals surface area contributed by atoms with Crippen LogP contribution in [0.3, 0.4) is 0 Å². The fourth-order valence-electron chi connectivity index (χ4n) is 2.13. The minimum Gasteiger partial charge on any atom is -0.439 e. The Morgan fingerprint density at radius 1 is 1.33 bits per heavy atom. The van der Waals surface area contributed by atoms with E-state index in [2.05, 4.69) is 16.1 Å². The lowest BCUT2D eigenvalue weighted by Gasteiger charge is -2.15. The summed E-state index contributed by atoms with van der Waals surface area (Å²) in [6, 6.07) is 10.7. The molecule has 4 nitrogen and oxygen atoms in total. The molecule has 0 N–H and O–H groups in total. The topological polar surface area (TPSA) is 32.0 Å². The van der Waals surface area contributed by atoms with E-state index in [1.165, 1.54) is 0 Å². The SMILES string of the molecule is [c]1ccc2cc(N3CN4C=CC=CC4=N3)oc2c1. The van der Waals surface area contributed by atoms with Crippen molar-refractivity contribution in [3.63, 3.8) is 0 Å². The Bertz CT molecular complexity index is 663. The number of fused-ring (bicyclic) bond motifs is 2. The standard InChI is InChI=1S/C14H10N3O/c1-2-6-12-11(5-1)9-14(18-12)17-10-16-8-4-3-7-13(16)15-17/h1,3-9H,10H2. The Morgan fingerprint density at radius 2 is 2.33 bits per heavy atom. The minimum atomic E-state index is 0.680. The minimum absolute atomic E-state index is 0.680. The second-order valence-corrected chi connectivity index (χ2v) is 4.22. The van der Waals surface area contributed by atoms with E-state index in [0.29, 0.717) is 6.67 Å². The van der Waals surface area contributed by atoms with E-state index in [1.54, 1.807) is 0 Å². The Kier molecular flexibility index (Phi) is 1.85. The molecule has 2 aliphatic heterocycles. The van der Waals surface area contributed by atoms with Crippen LogP contribution in [0.5, 0.6) is 0 Å². The quantitative estimate of drug-likeness (QED) is 0.763. The molecule has 1 aromatic heterocycles. The second-order valence-electron chi connectivity index (χ2n) is 4.22. The van der Waals surface area contributed by atoms with E-state index in [9.17, 15) is 0 Å². The zero-order chi connectivity index (χ0) is 11.9. The van der Waals surface area contributed by atoms with Gasteiger partial charge in [-0.2, -0.15) is 0 Å². The Balaban J connectivity index is 1.74. The largest absolute Gasteiger partial charge is 0.439 e. The molecule has 0 bridgehead atoms. The van der Waals surface area contributed by atoms with Gasteiger partial charge in [-0.05, 0) is 24.3 Å². The first-order valence-electron chi connectivity index (χ1n) is 5.77. The number of rotatable bonds is 1. The van der Waals surface area contributed by atoms with Crippen LogP contribution in [0, 0.1) is 6.07 Å². The maximum atomic E-state index is 5.77. The van der Waals surface area contributed by atoms with E-state index in [1.807, 2.05) is 53.7 Å². The number of hydrazone groups is 1. The maximum Gasteiger partial charge on any atom is 0.218 e. The molecule has 1 aromatic carbocycles. The van der Waals surface area contributed by atoms with Gasteiger partial charge in [0, 0.05) is 17.7 Å². The van der Waals surface area contributed by atoms with Crippen LogP contribution in [0.1, 0.15) is 0 Å². The number of anilines is 1. The summed E-state index contributed by atoms with van der Waals surface area (Å²) in [6.07, 6.45) is 7.97. The van der Waals surface area contributed by atoms with Crippen LogP contribution in [0.15, 0.2) is 58.2 Å². The van der Waals surface area contributed by atoms with Gasteiger partial charge in [0.2, 0.25) is 5.88 Å². The zero-order valence-corrected chi connectivity index (χ0v) is 9.58. The first kappa shape index (κ1) is 9.53. The molecule has 0 unspecified atom stereocenters. The molecular formula is C14H10N3O. The number of hydrogen-bond donors (Lipinski definition) is 0. The predicted octanol–water partition coefficient (Wildman–Crippen LogP) is 2.71. The molecule has 4 heteroatoms. The van der Waals surface area contributed by atoms with E-state index in [0.717, 1.165) is 22.7 Å². The molecule has 87 valence electrons. The zero-order valence-electron chi connectivity index (χ0n) is 9.58.